The van der Waals surface area contributed by atoms with E-state index in [0.29, 0.717) is 12.1 Å². The van der Waals surface area contributed by atoms with Gasteiger partial charge in [0.25, 0.3) is 0 Å². The number of likely N-dealkylation sites (tertiary alicyclic amines) is 1. The molecule has 2 heterocycles. The lowest BCUT2D eigenvalue weighted by atomic mass is 9.92. The first kappa shape index (κ1) is 18.2. The van der Waals surface area contributed by atoms with Crippen molar-refractivity contribution in [3.05, 3.63) is 17.5 Å². The molecule has 0 aromatic carbocycles. The van der Waals surface area contributed by atoms with E-state index >= 15 is 0 Å². The highest BCUT2D eigenvalue weighted by Crippen LogP contribution is 2.25. The van der Waals surface area contributed by atoms with Crippen LogP contribution in [0, 0.1) is 0 Å². The summed E-state index contributed by atoms with van der Waals surface area (Å²) in [5.41, 5.74) is 2.20. The maximum atomic E-state index is 12.4. The first-order valence-electron chi connectivity index (χ1n) is 9.58. The fourth-order valence-electron chi connectivity index (χ4n) is 4.08. The zero-order chi connectivity index (χ0) is 18.0. The lowest BCUT2D eigenvalue weighted by molar-refractivity contribution is 0.0214. The zero-order valence-electron chi connectivity index (χ0n) is 16.0. The Kier molecular flexibility index (Phi) is 5.37. The van der Waals surface area contributed by atoms with Gasteiger partial charge in [-0.25, -0.2) is 4.79 Å². The van der Waals surface area contributed by atoms with Crippen molar-refractivity contribution in [3.8, 4) is 0 Å². The van der Waals surface area contributed by atoms with Crippen LogP contribution in [0.1, 0.15) is 64.6 Å². The number of aryl methyl sites for hydroxylation is 1. The second kappa shape index (κ2) is 7.36. The number of rotatable bonds is 4. The average Bonchev–Trinajstić information content (AvgIpc) is 3.13. The average molecular weight is 348 g/mol. The number of amides is 1. The SMILES string of the molecule is C[C@H](C[C@H]1CCCN1C(=O)OC(C)(C)C)N[C@H]1CCc2[nH]ncc2C1. The van der Waals surface area contributed by atoms with Gasteiger partial charge in [-0.1, -0.05) is 0 Å². The number of ether oxygens (including phenoxy) is 1. The molecule has 0 saturated carbocycles. The first-order valence-corrected chi connectivity index (χ1v) is 9.58. The van der Waals surface area contributed by atoms with Gasteiger partial charge in [0.2, 0.25) is 0 Å². The van der Waals surface area contributed by atoms with Crippen molar-refractivity contribution in [2.24, 2.45) is 0 Å². The van der Waals surface area contributed by atoms with E-state index in [0.717, 1.165) is 45.1 Å². The highest BCUT2D eigenvalue weighted by Gasteiger charge is 2.33. The zero-order valence-corrected chi connectivity index (χ0v) is 16.0. The fourth-order valence-corrected chi connectivity index (χ4v) is 4.08. The van der Waals surface area contributed by atoms with E-state index in [4.69, 9.17) is 4.74 Å². The Balaban J connectivity index is 1.50. The summed E-state index contributed by atoms with van der Waals surface area (Å²) in [7, 11) is 0. The molecule has 0 radical (unpaired) electrons. The summed E-state index contributed by atoms with van der Waals surface area (Å²) in [5.74, 6) is 0. The van der Waals surface area contributed by atoms with E-state index in [1.807, 2.05) is 31.9 Å². The lowest BCUT2D eigenvalue weighted by Gasteiger charge is -2.32. The van der Waals surface area contributed by atoms with E-state index in [1.165, 1.54) is 11.3 Å². The molecule has 1 aliphatic heterocycles. The minimum absolute atomic E-state index is 0.164. The number of aromatic nitrogens is 2. The molecule has 25 heavy (non-hydrogen) atoms. The molecular formula is C19H32N4O2. The van der Waals surface area contributed by atoms with Crippen molar-refractivity contribution in [2.45, 2.75) is 89.9 Å². The number of nitrogens with zero attached hydrogens (tertiary/aromatic N) is 2. The van der Waals surface area contributed by atoms with Gasteiger partial charge in [0, 0.05) is 30.4 Å². The molecular weight excluding hydrogens is 316 g/mol. The molecule has 140 valence electrons. The fraction of sp³-hybridized carbons (Fsp3) is 0.789. The number of hydrogen-bond donors (Lipinski definition) is 2. The van der Waals surface area contributed by atoms with E-state index in [1.54, 1.807) is 0 Å². The highest BCUT2D eigenvalue weighted by molar-refractivity contribution is 5.68. The van der Waals surface area contributed by atoms with Crippen LogP contribution in [0.3, 0.4) is 0 Å². The number of carbonyl (C=O) groups excluding carboxylic acids is 1. The lowest BCUT2D eigenvalue weighted by Crippen LogP contribution is -2.45. The molecule has 0 bridgehead atoms. The predicted molar refractivity (Wildman–Crippen MR) is 97.6 cm³/mol. The second-order valence-electron chi connectivity index (χ2n) is 8.59. The Morgan fingerprint density at radius 2 is 2.28 bits per heavy atom. The van der Waals surface area contributed by atoms with Gasteiger partial charge in [-0.15, -0.1) is 0 Å². The van der Waals surface area contributed by atoms with Crippen molar-refractivity contribution in [2.75, 3.05) is 6.54 Å². The summed E-state index contributed by atoms with van der Waals surface area (Å²) in [6, 6.07) is 1.16. The molecule has 1 fully saturated rings. The number of nitrogens with one attached hydrogen (secondary N) is 2. The first-order chi connectivity index (χ1) is 11.8. The topological polar surface area (TPSA) is 70.2 Å². The van der Waals surface area contributed by atoms with Gasteiger partial charge in [0.05, 0.1) is 6.20 Å². The van der Waals surface area contributed by atoms with Gasteiger partial charge >= 0.3 is 6.09 Å². The maximum absolute atomic E-state index is 12.4. The quantitative estimate of drug-likeness (QED) is 0.877. The Bertz CT molecular complexity index is 592. The molecule has 1 aliphatic carbocycles. The Hall–Kier alpha value is -1.56. The van der Waals surface area contributed by atoms with Gasteiger partial charge in [0.1, 0.15) is 5.60 Å². The van der Waals surface area contributed by atoms with E-state index < -0.39 is 5.60 Å². The number of hydrogen-bond acceptors (Lipinski definition) is 4. The summed E-state index contributed by atoms with van der Waals surface area (Å²) in [5, 5.41) is 11.0. The van der Waals surface area contributed by atoms with Crippen molar-refractivity contribution in [1.29, 1.82) is 0 Å². The largest absolute Gasteiger partial charge is 0.444 e. The number of H-pyrrole nitrogens is 1. The Morgan fingerprint density at radius 3 is 3.04 bits per heavy atom. The minimum atomic E-state index is -0.432. The molecule has 0 spiro atoms. The number of aromatic amines is 1. The molecule has 1 aromatic rings. The normalized spacial score (nSPS) is 24.9. The van der Waals surface area contributed by atoms with Gasteiger partial charge in [-0.05, 0) is 71.8 Å². The summed E-state index contributed by atoms with van der Waals surface area (Å²) in [6.07, 6.45) is 8.15. The van der Waals surface area contributed by atoms with E-state index in [9.17, 15) is 4.79 Å². The highest BCUT2D eigenvalue weighted by atomic mass is 16.6. The molecule has 3 rings (SSSR count). The van der Waals surface area contributed by atoms with E-state index in [-0.39, 0.29) is 12.1 Å². The van der Waals surface area contributed by atoms with Gasteiger partial charge in [-0.2, -0.15) is 5.10 Å². The molecule has 2 aliphatic rings. The van der Waals surface area contributed by atoms with Crippen LogP contribution in [-0.4, -0.2) is 51.5 Å². The monoisotopic (exact) mass is 348 g/mol. The molecule has 1 saturated heterocycles. The molecule has 0 unspecified atom stereocenters. The molecule has 3 atom stereocenters. The molecule has 2 N–H and O–H groups in total. The smallest absolute Gasteiger partial charge is 0.410 e. The van der Waals surface area contributed by atoms with Crippen LogP contribution in [-0.2, 0) is 17.6 Å². The molecule has 6 nitrogen and oxygen atoms in total. The van der Waals surface area contributed by atoms with Crippen LogP contribution in [0.25, 0.3) is 0 Å². The summed E-state index contributed by atoms with van der Waals surface area (Å²) in [6.45, 7) is 8.82. The van der Waals surface area contributed by atoms with Crippen LogP contribution >= 0.6 is 0 Å². The molecule has 1 amide bonds. The van der Waals surface area contributed by atoms with Crippen LogP contribution in [0.15, 0.2) is 6.20 Å². The van der Waals surface area contributed by atoms with Crippen LogP contribution in [0.2, 0.25) is 0 Å². The Morgan fingerprint density at radius 1 is 1.48 bits per heavy atom. The van der Waals surface area contributed by atoms with Gasteiger partial charge in [-0.3, -0.25) is 5.10 Å². The molecule has 1 aromatic heterocycles. The minimum Gasteiger partial charge on any atom is -0.444 e. The van der Waals surface area contributed by atoms with Crippen molar-refractivity contribution >= 4 is 6.09 Å². The molecule has 6 heteroatoms. The third-order valence-corrected chi connectivity index (χ3v) is 5.17. The Labute approximate surface area is 150 Å². The maximum Gasteiger partial charge on any atom is 0.410 e. The predicted octanol–water partition coefficient (Wildman–Crippen LogP) is 3.03. The van der Waals surface area contributed by atoms with Gasteiger partial charge < -0.3 is 15.0 Å². The second-order valence-corrected chi connectivity index (χ2v) is 8.59. The third kappa shape index (κ3) is 4.75. The van der Waals surface area contributed by atoms with Crippen molar-refractivity contribution in [1.82, 2.24) is 20.4 Å². The van der Waals surface area contributed by atoms with Crippen molar-refractivity contribution in [3.63, 3.8) is 0 Å². The van der Waals surface area contributed by atoms with Crippen LogP contribution in [0.4, 0.5) is 4.79 Å². The van der Waals surface area contributed by atoms with Crippen LogP contribution < -0.4 is 5.32 Å². The summed E-state index contributed by atoms with van der Waals surface area (Å²) < 4.78 is 5.57. The summed E-state index contributed by atoms with van der Waals surface area (Å²) in [4.78, 5) is 14.4. The third-order valence-electron chi connectivity index (χ3n) is 5.17. The number of fused-ring (bicyclic) bond motifs is 1. The standard InChI is InChI=1S/C19H32N4O2/c1-13(21-15-7-8-17-14(11-15)12-20-22-17)10-16-6-5-9-23(16)18(24)25-19(2,3)4/h12-13,15-16,21H,5-11H2,1-4H3,(H,20,22)/t13-,15+,16-/m1/s1. The van der Waals surface area contributed by atoms with Gasteiger partial charge in [0.15, 0.2) is 0 Å². The van der Waals surface area contributed by atoms with Crippen LogP contribution in [0.5, 0.6) is 0 Å². The number of carbonyl (C=O) groups is 1. The summed E-state index contributed by atoms with van der Waals surface area (Å²) >= 11 is 0. The van der Waals surface area contributed by atoms with E-state index in [2.05, 4.69) is 22.4 Å². The van der Waals surface area contributed by atoms with Crippen molar-refractivity contribution < 1.29 is 9.53 Å².